The van der Waals surface area contributed by atoms with Crippen LogP contribution in [0.1, 0.15) is 10.4 Å². The van der Waals surface area contributed by atoms with Crippen molar-refractivity contribution in [2.75, 3.05) is 19.5 Å². The molecule has 0 atom stereocenters. The summed E-state index contributed by atoms with van der Waals surface area (Å²) in [5.74, 6) is 1.27. The normalized spacial score (nSPS) is 10.6. The third-order valence-corrected chi connectivity index (χ3v) is 4.71. The maximum absolute atomic E-state index is 12.5. The number of hydrogen-bond acceptors (Lipinski definition) is 5. The highest BCUT2D eigenvalue weighted by Crippen LogP contribution is 2.26. The van der Waals surface area contributed by atoms with Gasteiger partial charge in [0.1, 0.15) is 22.8 Å². The van der Waals surface area contributed by atoms with Crippen molar-refractivity contribution in [3.63, 3.8) is 0 Å². The molecule has 0 aliphatic heterocycles. The van der Waals surface area contributed by atoms with E-state index in [0.29, 0.717) is 39.5 Å². The minimum atomic E-state index is -0.272. The Labute approximate surface area is 172 Å². The second-order valence-corrected chi connectivity index (χ2v) is 6.57. The molecule has 0 radical (unpaired) electrons. The average molecular weight is 401 g/mol. The predicted octanol–water partition coefficient (Wildman–Crippen LogP) is 4.73. The summed E-state index contributed by atoms with van der Waals surface area (Å²) >= 11 is 0. The number of methoxy groups -OCH3 is 2. The van der Waals surface area contributed by atoms with Gasteiger partial charge in [0.25, 0.3) is 5.91 Å². The quantitative estimate of drug-likeness (QED) is 0.523. The van der Waals surface area contributed by atoms with Crippen LogP contribution in [0.2, 0.25) is 0 Å². The first kappa shape index (κ1) is 19.3. The SMILES string of the molecule is COc1ccc2oc(-c3ccc(NC(=O)c4ccccc4OC)cc3)cc(=O)c2c1. The highest BCUT2D eigenvalue weighted by molar-refractivity contribution is 6.06. The van der Waals surface area contributed by atoms with E-state index in [0.717, 1.165) is 5.56 Å². The van der Waals surface area contributed by atoms with Crippen LogP contribution < -0.4 is 20.2 Å². The molecule has 150 valence electrons. The Bertz CT molecular complexity index is 1280. The Morgan fingerprint density at radius 2 is 1.67 bits per heavy atom. The molecular weight excluding hydrogens is 382 g/mol. The van der Waals surface area contributed by atoms with Crippen LogP contribution in [0.3, 0.4) is 0 Å². The van der Waals surface area contributed by atoms with Gasteiger partial charge in [0.2, 0.25) is 0 Å². The summed E-state index contributed by atoms with van der Waals surface area (Å²) in [6.07, 6.45) is 0. The van der Waals surface area contributed by atoms with E-state index in [9.17, 15) is 9.59 Å². The van der Waals surface area contributed by atoms with E-state index in [-0.39, 0.29) is 11.3 Å². The number of benzene rings is 3. The number of rotatable bonds is 5. The minimum Gasteiger partial charge on any atom is -0.497 e. The van der Waals surface area contributed by atoms with Gasteiger partial charge >= 0.3 is 0 Å². The Balaban J connectivity index is 1.59. The number of carbonyl (C=O) groups is 1. The van der Waals surface area contributed by atoms with Gasteiger partial charge in [-0.1, -0.05) is 12.1 Å². The van der Waals surface area contributed by atoms with Crippen molar-refractivity contribution >= 4 is 22.6 Å². The van der Waals surface area contributed by atoms with Crippen LogP contribution in [0.5, 0.6) is 11.5 Å². The monoisotopic (exact) mass is 401 g/mol. The van der Waals surface area contributed by atoms with E-state index in [1.54, 1.807) is 73.8 Å². The molecule has 1 amide bonds. The van der Waals surface area contributed by atoms with Crippen LogP contribution >= 0.6 is 0 Å². The standard InChI is InChI=1S/C24H19NO5/c1-28-17-11-12-22-19(13-17)20(26)14-23(30-22)15-7-9-16(10-8-15)25-24(27)18-5-3-4-6-21(18)29-2/h3-14H,1-2H3,(H,25,27). The van der Waals surface area contributed by atoms with Crippen molar-refractivity contribution in [3.8, 4) is 22.8 Å². The number of para-hydroxylation sites is 1. The second kappa shape index (κ2) is 8.13. The molecule has 6 nitrogen and oxygen atoms in total. The number of amides is 1. The number of nitrogens with one attached hydrogen (secondary N) is 1. The van der Waals surface area contributed by atoms with Gasteiger partial charge in [0.15, 0.2) is 5.43 Å². The van der Waals surface area contributed by atoms with E-state index < -0.39 is 0 Å². The van der Waals surface area contributed by atoms with Crippen LogP contribution in [0.25, 0.3) is 22.3 Å². The fourth-order valence-corrected chi connectivity index (χ4v) is 3.15. The van der Waals surface area contributed by atoms with E-state index in [1.165, 1.54) is 13.2 Å². The number of fused-ring (bicyclic) bond motifs is 1. The molecule has 0 spiro atoms. The van der Waals surface area contributed by atoms with Crippen molar-refractivity contribution in [3.05, 3.63) is 88.6 Å². The summed E-state index contributed by atoms with van der Waals surface area (Å²) in [6.45, 7) is 0. The summed E-state index contributed by atoms with van der Waals surface area (Å²) in [7, 11) is 3.07. The first-order valence-corrected chi connectivity index (χ1v) is 9.26. The summed E-state index contributed by atoms with van der Waals surface area (Å²) < 4.78 is 16.3. The number of ether oxygens (including phenoxy) is 2. The molecule has 0 bridgehead atoms. The van der Waals surface area contributed by atoms with Crippen LogP contribution in [0.15, 0.2) is 82.0 Å². The summed E-state index contributed by atoms with van der Waals surface area (Å²) in [4.78, 5) is 25.0. The Morgan fingerprint density at radius 3 is 2.40 bits per heavy atom. The maximum Gasteiger partial charge on any atom is 0.259 e. The van der Waals surface area contributed by atoms with Gasteiger partial charge in [-0.3, -0.25) is 9.59 Å². The average Bonchev–Trinajstić information content (AvgIpc) is 2.79. The summed E-state index contributed by atoms with van der Waals surface area (Å²) in [6, 6.07) is 20.6. The number of anilines is 1. The Kier molecular flexibility index (Phi) is 5.22. The zero-order valence-corrected chi connectivity index (χ0v) is 16.5. The number of hydrogen-bond donors (Lipinski definition) is 1. The molecule has 0 saturated carbocycles. The van der Waals surface area contributed by atoms with Crippen molar-refractivity contribution < 1.29 is 18.7 Å². The molecule has 4 aromatic rings. The van der Waals surface area contributed by atoms with Gasteiger partial charge in [-0.15, -0.1) is 0 Å². The molecule has 0 aliphatic carbocycles. The number of carbonyl (C=O) groups excluding carboxylic acids is 1. The molecule has 1 heterocycles. The van der Waals surface area contributed by atoms with Crippen LogP contribution in [-0.2, 0) is 0 Å². The third kappa shape index (κ3) is 3.75. The summed E-state index contributed by atoms with van der Waals surface area (Å²) in [5, 5.41) is 3.30. The maximum atomic E-state index is 12.5. The van der Waals surface area contributed by atoms with Crippen molar-refractivity contribution in [1.82, 2.24) is 0 Å². The molecule has 0 saturated heterocycles. The third-order valence-electron chi connectivity index (χ3n) is 4.71. The zero-order chi connectivity index (χ0) is 21.1. The lowest BCUT2D eigenvalue weighted by molar-refractivity contribution is 0.102. The topological polar surface area (TPSA) is 77.8 Å². The molecule has 1 aromatic heterocycles. The molecule has 0 unspecified atom stereocenters. The fraction of sp³-hybridized carbons (Fsp3) is 0.0833. The Hall–Kier alpha value is -4.06. The lowest BCUT2D eigenvalue weighted by Gasteiger charge is -2.10. The van der Waals surface area contributed by atoms with E-state index >= 15 is 0 Å². The molecule has 30 heavy (non-hydrogen) atoms. The minimum absolute atomic E-state index is 0.154. The van der Waals surface area contributed by atoms with Gasteiger partial charge in [0, 0.05) is 17.3 Å². The van der Waals surface area contributed by atoms with E-state index in [1.807, 2.05) is 0 Å². The highest BCUT2D eigenvalue weighted by atomic mass is 16.5. The van der Waals surface area contributed by atoms with Crippen LogP contribution in [0, 0.1) is 0 Å². The lowest BCUT2D eigenvalue weighted by Crippen LogP contribution is -2.13. The molecule has 6 heteroatoms. The first-order valence-electron chi connectivity index (χ1n) is 9.26. The smallest absolute Gasteiger partial charge is 0.259 e. The highest BCUT2D eigenvalue weighted by Gasteiger charge is 2.12. The van der Waals surface area contributed by atoms with Gasteiger partial charge in [0.05, 0.1) is 25.2 Å². The largest absolute Gasteiger partial charge is 0.497 e. The van der Waals surface area contributed by atoms with Crippen molar-refractivity contribution in [2.45, 2.75) is 0 Å². The van der Waals surface area contributed by atoms with Crippen molar-refractivity contribution in [2.24, 2.45) is 0 Å². The van der Waals surface area contributed by atoms with Crippen LogP contribution in [0.4, 0.5) is 5.69 Å². The van der Waals surface area contributed by atoms with Gasteiger partial charge in [-0.2, -0.15) is 0 Å². The molecule has 1 N–H and O–H groups in total. The first-order chi connectivity index (χ1) is 14.6. The summed E-state index contributed by atoms with van der Waals surface area (Å²) in [5.41, 5.74) is 2.10. The Morgan fingerprint density at radius 1 is 0.900 bits per heavy atom. The van der Waals surface area contributed by atoms with Crippen LogP contribution in [-0.4, -0.2) is 20.1 Å². The molecule has 0 fully saturated rings. The van der Waals surface area contributed by atoms with Gasteiger partial charge in [-0.25, -0.2) is 0 Å². The molecule has 4 rings (SSSR count). The zero-order valence-electron chi connectivity index (χ0n) is 16.5. The van der Waals surface area contributed by atoms with Crippen molar-refractivity contribution in [1.29, 1.82) is 0 Å². The molecule has 3 aromatic carbocycles. The molecule has 0 aliphatic rings. The van der Waals surface area contributed by atoms with Gasteiger partial charge in [-0.05, 0) is 54.6 Å². The predicted molar refractivity (Wildman–Crippen MR) is 115 cm³/mol. The van der Waals surface area contributed by atoms with E-state index in [2.05, 4.69) is 5.32 Å². The van der Waals surface area contributed by atoms with E-state index in [4.69, 9.17) is 13.9 Å². The second-order valence-electron chi connectivity index (χ2n) is 6.57. The molecular formula is C24H19NO5. The van der Waals surface area contributed by atoms with Gasteiger partial charge < -0.3 is 19.2 Å². The fourth-order valence-electron chi connectivity index (χ4n) is 3.15. The lowest BCUT2D eigenvalue weighted by atomic mass is 10.1.